The van der Waals surface area contributed by atoms with Crippen molar-refractivity contribution in [2.24, 2.45) is 0 Å². The van der Waals surface area contributed by atoms with Crippen molar-refractivity contribution in [3.8, 4) is 5.75 Å². The molecule has 0 saturated heterocycles. The molecule has 0 aliphatic rings. The molecule has 0 spiro atoms. The van der Waals surface area contributed by atoms with Gasteiger partial charge in [0.2, 0.25) is 0 Å². The zero-order chi connectivity index (χ0) is 15.8. The molecule has 0 aliphatic carbocycles. The Balaban J connectivity index is 2.54. The van der Waals surface area contributed by atoms with E-state index in [9.17, 15) is 21.6 Å². The van der Waals surface area contributed by atoms with E-state index in [0.717, 1.165) is 7.05 Å². The van der Waals surface area contributed by atoms with Crippen LogP contribution in [0.4, 0.5) is 18.9 Å². The maximum atomic E-state index is 13.6. The van der Waals surface area contributed by atoms with E-state index in [1.165, 1.54) is 24.3 Å². The molecule has 112 valence electrons. The van der Waals surface area contributed by atoms with Crippen molar-refractivity contribution in [1.82, 2.24) is 0 Å². The Morgan fingerprint density at radius 2 is 1.48 bits per heavy atom. The fraction of sp³-hybridized carbons (Fsp3) is 0.0769. The fourth-order valence-electron chi connectivity index (χ4n) is 1.71. The Kier molecular flexibility index (Phi) is 3.82. The van der Waals surface area contributed by atoms with Crippen LogP contribution < -0.4 is 4.31 Å². The Hall–Kier alpha value is -2.22. The molecule has 2 aromatic rings. The minimum absolute atomic E-state index is 0.0796. The number of phenolic OH excluding ortho intramolecular Hbond substituents is 1. The second-order valence-corrected chi connectivity index (χ2v) is 6.09. The minimum atomic E-state index is -4.55. The number of benzene rings is 2. The monoisotopic (exact) mass is 317 g/mol. The van der Waals surface area contributed by atoms with Crippen molar-refractivity contribution in [3.05, 3.63) is 53.8 Å². The van der Waals surface area contributed by atoms with Crippen LogP contribution in [-0.4, -0.2) is 20.6 Å². The molecule has 0 saturated carbocycles. The molecule has 4 nitrogen and oxygen atoms in total. The van der Waals surface area contributed by atoms with E-state index in [4.69, 9.17) is 5.11 Å². The van der Waals surface area contributed by atoms with Crippen LogP contribution in [0, 0.1) is 17.5 Å². The number of hydrogen-bond acceptors (Lipinski definition) is 3. The van der Waals surface area contributed by atoms with Gasteiger partial charge in [-0.1, -0.05) is 0 Å². The summed E-state index contributed by atoms with van der Waals surface area (Å²) in [5, 5.41) is 9.15. The van der Waals surface area contributed by atoms with Gasteiger partial charge in [0.1, 0.15) is 23.2 Å². The average molecular weight is 317 g/mol. The van der Waals surface area contributed by atoms with E-state index in [0.29, 0.717) is 16.4 Å². The maximum Gasteiger partial charge on any atom is 0.269 e. The normalized spacial score (nSPS) is 11.4. The number of aromatic hydroxyl groups is 1. The van der Waals surface area contributed by atoms with Crippen molar-refractivity contribution in [3.63, 3.8) is 0 Å². The highest BCUT2D eigenvalue weighted by Gasteiger charge is 2.29. The second-order valence-electron chi connectivity index (χ2n) is 4.19. The molecule has 21 heavy (non-hydrogen) atoms. The fourth-order valence-corrected chi connectivity index (χ4v) is 3.00. The summed E-state index contributed by atoms with van der Waals surface area (Å²) in [7, 11) is -3.46. The van der Waals surface area contributed by atoms with Crippen LogP contribution in [0.25, 0.3) is 0 Å². The van der Waals surface area contributed by atoms with E-state index < -0.39 is 32.4 Å². The van der Waals surface area contributed by atoms with Crippen LogP contribution in [-0.2, 0) is 10.0 Å². The maximum absolute atomic E-state index is 13.6. The highest BCUT2D eigenvalue weighted by Crippen LogP contribution is 2.27. The summed E-state index contributed by atoms with van der Waals surface area (Å²) >= 11 is 0. The lowest BCUT2D eigenvalue weighted by atomic mass is 10.3. The van der Waals surface area contributed by atoms with Gasteiger partial charge in [-0.2, -0.15) is 0 Å². The summed E-state index contributed by atoms with van der Waals surface area (Å²) < 4.78 is 65.2. The lowest BCUT2D eigenvalue weighted by molar-refractivity contribution is 0.475. The van der Waals surface area contributed by atoms with Crippen molar-refractivity contribution < 1.29 is 26.7 Å². The highest BCUT2D eigenvalue weighted by atomic mass is 32.2. The third kappa shape index (κ3) is 2.80. The Labute approximate surface area is 119 Å². The third-order valence-electron chi connectivity index (χ3n) is 2.79. The van der Waals surface area contributed by atoms with E-state index in [1.54, 1.807) is 0 Å². The number of phenols is 1. The molecule has 0 radical (unpaired) electrons. The summed E-state index contributed by atoms with van der Waals surface area (Å²) in [4.78, 5) is -1.24. The highest BCUT2D eigenvalue weighted by molar-refractivity contribution is 7.92. The first-order valence-corrected chi connectivity index (χ1v) is 7.10. The number of anilines is 1. The predicted octanol–water partition coefficient (Wildman–Crippen LogP) is 2.63. The molecule has 0 amide bonds. The van der Waals surface area contributed by atoms with Gasteiger partial charge < -0.3 is 5.11 Å². The molecule has 8 heteroatoms. The number of rotatable bonds is 3. The molecule has 0 heterocycles. The first kappa shape index (κ1) is 15.2. The van der Waals surface area contributed by atoms with Gasteiger partial charge in [0, 0.05) is 19.2 Å². The van der Waals surface area contributed by atoms with Gasteiger partial charge >= 0.3 is 0 Å². The van der Waals surface area contributed by atoms with Crippen LogP contribution in [0.1, 0.15) is 0 Å². The molecule has 0 unspecified atom stereocenters. The quantitative estimate of drug-likeness (QED) is 0.947. The third-order valence-corrected chi connectivity index (χ3v) is 4.63. The molecule has 0 fully saturated rings. The Morgan fingerprint density at radius 1 is 1.00 bits per heavy atom. The zero-order valence-corrected chi connectivity index (χ0v) is 11.5. The van der Waals surface area contributed by atoms with Gasteiger partial charge in [0.15, 0.2) is 4.90 Å². The molecule has 0 aliphatic heterocycles. The van der Waals surface area contributed by atoms with Crippen LogP contribution in [0.2, 0.25) is 0 Å². The molecule has 0 bridgehead atoms. The Bertz CT molecular complexity index is 753. The van der Waals surface area contributed by atoms with E-state index in [2.05, 4.69) is 0 Å². The first-order valence-electron chi connectivity index (χ1n) is 5.66. The van der Waals surface area contributed by atoms with Gasteiger partial charge in [-0.05, 0) is 24.3 Å². The van der Waals surface area contributed by atoms with Crippen molar-refractivity contribution in [1.29, 1.82) is 0 Å². The van der Waals surface area contributed by atoms with Gasteiger partial charge in [0.05, 0.1) is 5.69 Å². The van der Waals surface area contributed by atoms with Crippen molar-refractivity contribution >= 4 is 15.7 Å². The number of nitrogens with zero attached hydrogens (tertiary/aromatic N) is 1. The largest absolute Gasteiger partial charge is 0.508 e. The molecule has 2 aromatic carbocycles. The van der Waals surface area contributed by atoms with E-state index >= 15 is 0 Å². The average Bonchev–Trinajstić information content (AvgIpc) is 2.37. The smallest absolute Gasteiger partial charge is 0.269 e. The summed E-state index contributed by atoms with van der Waals surface area (Å²) in [5.74, 6) is -4.34. The van der Waals surface area contributed by atoms with Gasteiger partial charge in [-0.3, -0.25) is 4.31 Å². The summed E-state index contributed by atoms with van der Waals surface area (Å²) in [5.41, 5.74) is 0.0796. The van der Waals surface area contributed by atoms with Crippen LogP contribution in [0.15, 0.2) is 41.3 Å². The van der Waals surface area contributed by atoms with Crippen molar-refractivity contribution in [2.45, 2.75) is 4.90 Å². The van der Waals surface area contributed by atoms with Gasteiger partial charge in [0.25, 0.3) is 10.0 Å². The van der Waals surface area contributed by atoms with Crippen LogP contribution >= 0.6 is 0 Å². The van der Waals surface area contributed by atoms with E-state index in [1.807, 2.05) is 0 Å². The van der Waals surface area contributed by atoms with Crippen LogP contribution in [0.3, 0.4) is 0 Å². The minimum Gasteiger partial charge on any atom is -0.508 e. The predicted molar refractivity (Wildman–Crippen MR) is 70.0 cm³/mol. The molecule has 0 aromatic heterocycles. The second kappa shape index (κ2) is 5.28. The zero-order valence-electron chi connectivity index (χ0n) is 10.7. The Morgan fingerprint density at radius 3 is 1.95 bits per heavy atom. The molecular weight excluding hydrogens is 307 g/mol. The lowest BCUT2D eigenvalue weighted by Crippen LogP contribution is -2.28. The SMILES string of the molecule is CN(c1ccc(O)cc1)S(=O)(=O)c1c(F)cc(F)cc1F. The van der Waals surface area contributed by atoms with Gasteiger partial charge in [-0.15, -0.1) is 0 Å². The molecular formula is C13H10F3NO3S. The number of halogens is 3. The first-order chi connectivity index (χ1) is 9.73. The summed E-state index contributed by atoms with van der Waals surface area (Å²) in [6.45, 7) is 0. The lowest BCUT2D eigenvalue weighted by Gasteiger charge is -2.20. The topological polar surface area (TPSA) is 57.6 Å². The standard InChI is InChI=1S/C13H10F3NO3S/c1-17(9-2-4-10(18)5-3-9)21(19,20)13-11(15)6-8(14)7-12(13)16/h2-7,18H,1H3. The van der Waals surface area contributed by atoms with Crippen LogP contribution in [0.5, 0.6) is 5.75 Å². The summed E-state index contributed by atoms with van der Waals surface area (Å²) in [6.07, 6.45) is 0. The molecule has 2 rings (SSSR count). The number of hydrogen-bond donors (Lipinski definition) is 1. The number of sulfonamides is 1. The van der Waals surface area contributed by atoms with Crippen molar-refractivity contribution in [2.75, 3.05) is 11.4 Å². The molecule has 1 N–H and O–H groups in total. The summed E-state index contributed by atoms with van der Waals surface area (Å²) in [6, 6.07) is 5.54. The van der Waals surface area contributed by atoms with E-state index in [-0.39, 0.29) is 11.4 Å². The molecule has 0 atom stereocenters. The van der Waals surface area contributed by atoms with Gasteiger partial charge in [-0.25, -0.2) is 21.6 Å².